The molecule has 0 saturated carbocycles. The first-order valence-electron chi connectivity index (χ1n) is 9.98. The van der Waals surface area contributed by atoms with Crippen LogP contribution in [0.3, 0.4) is 0 Å². The van der Waals surface area contributed by atoms with Crippen LogP contribution in [0.5, 0.6) is 0 Å². The van der Waals surface area contributed by atoms with Gasteiger partial charge in [0.05, 0.1) is 4.90 Å². The van der Waals surface area contributed by atoms with Gasteiger partial charge in [0.25, 0.3) is 0 Å². The summed E-state index contributed by atoms with van der Waals surface area (Å²) < 4.78 is 28.1. The van der Waals surface area contributed by atoms with Gasteiger partial charge in [-0.05, 0) is 66.8 Å². The number of sulfonamides is 1. The van der Waals surface area contributed by atoms with Crippen molar-refractivity contribution < 1.29 is 13.2 Å². The molecule has 0 aromatic heterocycles. The molecule has 0 aliphatic heterocycles. The van der Waals surface area contributed by atoms with Crippen molar-refractivity contribution in [2.24, 2.45) is 0 Å². The molecule has 29 heavy (non-hydrogen) atoms. The monoisotopic (exact) mass is 434 g/mol. The van der Waals surface area contributed by atoms with Crippen LogP contribution in [-0.4, -0.2) is 26.9 Å². The van der Waals surface area contributed by atoms with E-state index in [0.717, 1.165) is 36.1 Å². The Balaban J connectivity index is 1.72. The van der Waals surface area contributed by atoms with Crippen molar-refractivity contribution in [3.05, 3.63) is 58.6 Å². The molecule has 0 bridgehead atoms. The van der Waals surface area contributed by atoms with E-state index in [1.165, 1.54) is 12.1 Å². The number of nitrogens with one attached hydrogen (secondary N) is 1. The molecule has 3 rings (SSSR count). The van der Waals surface area contributed by atoms with E-state index in [1.807, 2.05) is 18.2 Å². The Kier molecular flexibility index (Phi) is 6.98. The maximum atomic E-state index is 12.7. The molecule has 1 amide bonds. The summed E-state index contributed by atoms with van der Waals surface area (Å²) in [4.78, 5) is 14.1. The maximum absolute atomic E-state index is 12.7. The van der Waals surface area contributed by atoms with E-state index in [4.69, 9.17) is 11.6 Å². The van der Waals surface area contributed by atoms with Crippen molar-refractivity contribution in [1.82, 2.24) is 4.72 Å². The number of rotatable bonds is 8. The molecule has 156 valence electrons. The van der Waals surface area contributed by atoms with Crippen molar-refractivity contribution in [2.45, 2.75) is 56.9 Å². The number of carbonyl (C=O) groups excluding carboxylic acids is 1. The topological polar surface area (TPSA) is 66.5 Å². The Morgan fingerprint density at radius 3 is 2.45 bits per heavy atom. The summed E-state index contributed by atoms with van der Waals surface area (Å²) in [5.41, 5.74) is 3.09. The number of nitrogens with zero attached hydrogens (tertiary/aromatic N) is 1. The van der Waals surface area contributed by atoms with Crippen LogP contribution in [0.2, 0.25) is 5.02 Å². The van der Waals surface area contributed by atoms with Crippen molar-refractivity contribution >= 4 is 33.2 Å². The zero-order valence-corrected chi connectivity index (χ0v) is 18.4. The minimum absolute atomic E-state index is 0.0269. The molecule has 1 atom stereocenters. The van der Waals surface area contributed by atoms with Gasteiger partial charge in [-0.25, -0.2) is 13.1 Å². The number of hydrogen-bond donors (Lipinski definition) is 1. The first-order chi connectivity index (χ1) is 13.8. The smallest absolute Gasteiger partial charge is 0.240 e. The highest BCUT2D eigenvalue weighted by molar-refractivity contribution is 7.89. The summed E-state index contributed by atoms with van der Waals surface area (Å²) in [5.74, 6) is 0.0269. The molecular weight excluding hydrogens is 408 g/mol. The molecule has 2 aromatic carbocycles. The van der Waals surface area contributed by atoms with Gasteiger partial charge in [0.15, 0.2) is 0 Å². The van der Waals surface area contributed by atoms with Crippen LogP contribution in [0.1, 0.15) is 44.2 Å². The number of halogens is 1. The Hall–Kier alpha value is -1.89. The predicted molar refractivity (Wildman–Crippen MR) is 117 cm³/mol. The molecule has 0 heterocycles. The number of unbranched alkanes of at least 4 members (excludes halogenated alkanes) is 2. The highest BCUT2D eigenvalue weighted by Gasteiger charge is 2.27. The van der Waals surface area contributed by atoms with Gasteiger partial charge in [0, 0.05) is 30.2 Å². The zero-order chi connectivity index (χ0) is 21.0. The molecule has 1 aliphatic rings. The Bertz CT molecular complexity index is 974. The van der Waals surface area contributed by atoms with E-state index in [9.17, 15) is 13.2 Å². The fraction of sp³-hybridized carbons (Fsp3) is 0.409. The van der Waals surface area contributed by atoms with E-state index in [1.54, 1.807) is 24.0 Å². The normalized spacial score (nSPS) is 15.9. The van der Waals surface area contributed by atoms with Gasteiger partial charge in [-0.2, -0.15) is 0 Å². The minimum atomic E-state index is -3.61. The summed E-state index contributed by atoms with van der Waals surface area (Å²) in [7, 11) is -3.61. The molecule has 2 aromatic rings. The third-order valence-electron chi connectivity index (χ3n) is 5.25. The predicted octanol–water partition coefficient (Wildman–Crippen LogP) is 4.33. The Morgan fingerprint density at radius 2 is 1.79 bits per heavy atom. The molecule has 0 spiro atoms. The molecule has 0 radical (unpaired) electrons. The number of amides is 1. The summed E-state index contributed by atoms with van der Waals surface area (Å²) in [5, 5.41) is 0.499. The van der Waals surface area contributed by atoms with Crippen LogP contribution in [0.4, 0.5) is 5.69 Å². The summed E-state index contributed by atoms with van der Waals surface area (Å²) in [6.07, 6.45) is 4.40. The lowest BCUT2D eigenvalue weighted by molar-refractivity contribution is -0.116. The van der Waals surface area contributed by atoms with E-state index in [0.29, 0.717) is 24.4 Å². The fourth-order valence-electron chi connectivity index (χ4n) is 3.75. The lowest BCUT2D eigenvalue weighted by atomic mass is 10.1. The van der Waals surface area contributed by atoms with E-state index >= 15 is 0 Å². The van der Waals surface area contributed by atoms with Crippen molar-refractivity contribution in [3.63, 3.8) is 0 Å². The van der Waals surface area contributed by atoms with Gasteiger partial charge in [-0.1, -0.05) is 37.4 Å². The van der Waals surface area contributed by atoms with Crippen molar-refractivity contribution in [3.8, 4) is 0 Å². The average molecular weight is 435 g/mol. The molecule has 7 heteroatoms. The lowest BCUT2D eigenvalue weighted by Gasteiger charge is -2.22. The van der Waals surface area contributed by atoms with Crippen LogP contribution in [0.25, 0.3) is 0 Å². The van der Waals surface area contributed by atoms with Crippen molar-refractivity contribution in [2.75, 3.05) is 11.4 Å². The second-order valence-electron chi connectivity index (χ2n) is 7.51. The second-order valence-corrected chi connectivity index (χ2v) is 9.66. The Labute approximate surface area is 178 Å². The standard InChI is InChI=1S/C22H27ClN2O3S/c1-3-4-5-12-25(16(2)26)21-9-6-17-13-20(14-18(17)15-21)24-29(27,28)22-10-7-19(23)8-11-22/h6-11,15,20,24H,3-5,12-14H2,1-2H3. The van der Waals surface area contributed by atoms with Crippen LogP contribution in [0.15, 0.2) is 47.4 Å². The van der Waals surface area contributed by atoms with Crippen LogP contribution < -0.4 is 9.62 Å². The molecule has 0 fully saturated rings. The SMILES string of the molecule is CCCCCN(C(C)=O)c1ccc2c(c1)CC(NS(=O)(=O)c1ccc(Cl)cc1)C2. The van der Waals surface area contributed by atoms with E-state index in [2.05, 4.69) is 11.6 Å². The summed E-state index contributed by atoms with van der Waals surface area (Å²) >= 11 is 5.85. The molecule has 0 saturated heterocycles. The maximum Gasteiger partial charge on any atom is 0.240 e. The van der Waals surface area contributed by atoms with Crippen LogP contribution in [-0.2, 0) is 27.7 Å². The highest BCUT2D eigenvalue weighted by atomic mass is 35.5. The van der Waals surface area contributed by atoms with Gasteiger partial charge in [-0.15, -0.1) is 0 Å². The van der Waals surface area contributed by atoms with Gasteiger partial charge in [0.1, 0.15) is 0 Å². The number of benzene rings is 2. The summed E-state index contributed by atoms with van der Waals surface area (Å²) in [6.45, 7) is 4.43. The first kappa shape index (κ1) is 21.8. The molecule has 1 unspecified atom stereocenters. The van der Waals surface area contributed by atoms with Crippen LogP contribution >= 0.6 is 11.6 Å². The quantitative estimate of drug-likeness (QED) is 0.629. The van der Waals surface area contributed by atoms with Gasteiger partial charge < -0.3 is 4.90 Å². The van der Waals surface area contributed by atoms with E-state index in [-0.39, 0.29) is 16.8 Å². The molecular formula is C22H27ClN2O3S. The van der Waals surface area contributed by atoms with Crippen LogP contribution in [0, 0.1) is 0 Å². The fourth-order valence-corrected chi connectivity index (χ4v) is 5.11. The number of hydrogen-bond acceptors (Lipinski definition) is 3. The molecule has 1 aliphatic carbocycles. The average Bonchev–Trinajstić information content (AvgIpc) is 3.06. The second kappa shape index (κ2) is 9.28. The van der Waals surface area contributed by atoms with Gasteiger partial charge in [-0.3, -0.25) is 4.79 Å². The lowest BCUT2D eigenvalue weighted by Crippen LogP contribution is -2.35. The number of fused-ring (bicyclic) bond motifs is 1. The third kappa shape index (κ3) is 5.38. The zero-order valence-electron chi connectivity index (χ0n) is 16.8. The highest BCUT2D eigenvalue weighted by Crippen LogP contribution is 2.28. The van der Waals surface area contributed by atoms with Gasteiger partial charge in [0.2, 0.25) is 15.9 Å². The van der Waals surface area contributed by atoms with Gasteiger partial charge >= 0.3 is 0 Å². The van der Waals surface area contributed by atoms with E-state index < -0.39 is 10.0 Å². The number of anilines is 1. The molecule has 5 nitrogen and oxygen atoms in total. The summed E-state index contributed by atoms with van der Waals surface area (Å²) in [6, 6.07) is 11.9. The Morgan fingerprint density at radius 1 is 1.10 bits per heavy atom. The first-order valence-corrected chi connectivity index (χ1v) is 11.8. The largest absolute Gasteiger partial charge is 0.313 e. The van der Waals surface area contributed by atoms with Crippen molar-refractivity contribution in [1.29, 1.82) is 0 Å². The molecule has 1 N–H and O–H groups in total. The number of carbonyl (C=O) groups is 1. The third-order valence-corrected chi connectivity index (χ3v) is 7.03. The minimum Gasteiger partial charge on any atom is -0.313 e.